The highest BCUT2D eigenvalue weighted by Crippen LogP contribution is 2.23. The second kappa shape index (κ2) is 5.71. The summed E-state index contributed by atoms with van der Waals surface area (Å²) in [5, 5.41) is 7.43. The quantitative estimate of drug-likeness (QED) is 0.799. The number of nitrogens with one attached hydrogen (secondary N) is 1. The Kier molecular flexibility index (Phi) is 4.24. The Bertz CT molecular complexity index is 474. The second-order valence-corrected chi connectivity index (χ2v) is 5.23. The molecule has 1 aromatic heterocycles. The van der Waals surface area contributed by atoms with E-state index in [2.05, 4.69) is 10.4 Å². The van der Waals surface area contributed by atoms with Crippen molar-refractivity contribution in [3.63, 3.8) is 0 Å². The van der Waals surface area contributed by atoms with E-state index in [4.69, 9.17) is 17.3 Å². The second-order valence-electron chi connectivity index (χ2n) is 4.85. The van der Waals surface area contributed by atoms with E-state index in [0.717, 1.165) is 19.3 Å². The molecule has 6 heteroatoms. The molecule has 3 N–H and O–H groups in total. The molecule has 1 heterocycles. The maximum atomic E-state index is 11.7. The summed E-state index contributed by atoms with van der Waals surface area (Å²) >= 11 is 6.03. The molecule has 0 aliphatic heterocycles. The summed E-state index contributed by atoms with van der Waals surface area (Å²) in [4.78, 5) is 11.7. The average molecular weight is 271 g/mol. The number of hydrogen-bond donors (Lipinski definition) is 2. The molecule has 1 aromatic rings. The van der Waals surface area contributed by atoms with Crippen molar-refractivity contribution in [1.82, 2.24) is 9.78 Å². The molecule has 18 heavy (non-hydrogen) atoms. The minimum absolute atomic E-state index is 0.104. The van der Waals surface area contributed by atoms with Crippen molar-refractivity contribution in [3.05, 3.63) is 21.6 Å². The van der Waals surface area contributed by atoms with Gasteiger partial charge in [-0.3, -0.25) is 4.79 Å². The molecule has 2 rings (SSSR count). The highest BCUT2D eigenvalue weighted by Gasteiger charge is 2.21. The summed E-state index contributed by atoms with van der Waals surface area (Å²) in [7, 11) is 1.58. The van der Waals surface area contributed by atoms with Crippen LogP contribution in [0.5, 0.6) is 0 Å². The predicted molar refractivity (Wildman–Crippen MR) is 73.0 cm³/mol. The van der Waals surface area contributed by atoms with E-state index in [-0.39, 0.29) is 22.7 Å². The van der Waals surface area contributed by atoms with Crippen LogP contribution in [0.3, 0.4) is 0 Å². The molecule has 0 radical (unpaired) electrons. The first-order valence-corrected chi connectivity index (χ1v) is 6.71. The fourth-order valence-electron chi connectivity index (χ4n) is 2.33. The van der Waals surface area contributed by atoms with Gasteiger partial charge in [-0.05, 0) is 12.8 Å². The molecule has 1 saturated carbocycles. The number of rotatable bonds is 2. The van der Waals surface area contributed by atoms with E-state index in [1.165, 1.54) is 17.5 Å². The summed E-state index contributed by atoms with van der Waals surface area (Å²) in [5.41, 5.74) is 6.43. The zero-order valence-corrected chi connectivity index (χ0v) is 11.3. The molecule has 0 aromatic carbocycles. The molecule has 0 bridgehead atoms. The minimum atomic E-state index is -0.288. The van der Waals surface area contributed by atoms with Gasteiger partial charge in [0.1, 0.15) is 5.02 Å². The van der Waals surface area contributed by atoms with Crippen molar-refractivity contribution in [1.29, 1.82) is 0 Å². The lowest BCUT2D eigenvalue weighted by molar-refractivity contribution is 0.527. The van der Waals surface area contributed by atoms with Gasteiger partial charge in [0.25, 0.3) is 5.56 Å². The Morgan fingerprint density at radius 2 is 2.17 bits per heavy atom. The van der Waals surface area contributed by atoms with Crippen LogP contribution in [0.15, 0.2) is 11.0 Å². The zero-order chi connectivity index (χ0) is 13.1. The lowest BCUT2D eigenvalue weighted by Gasteiger charge is -2.24. The van der Waals surface area contributed by atoms with E-state index in [1.54, 1.807) is 13.2 Å². The molecule has 5 nitrogen and oxygen atoms in total. The molecular weight excluding hydrogens is 252 g/mol. The normalized spacial score (nSPS) is 24.6. The van der Waals surface area contributed by atoms with Crippen LogP contribution < -0.4 is 16.6 Å². The van der Waals surface area contributed by atoms with Crippen molar-refractivity contribution in [2.45, 2.75) is 44.2 Å². The van der Waals surface area contributed by atoms with Crippen LogP contribution in [0.4, 0.5) is 5.69 Å². The van der Waals surface area contributed by atoms with Crippen molar-refractivity contribution in [2.24, 2.45) is 12.8 Å². The summed E-state index contributed by atoms with van der Waals surface area (Å²) in [6.07, 6.45) is 7.14. The standard InChI is InChI=1S/C12H19ClN4O/c1-17-12(18)11(13)10(7-15-17)16-9-6-4-2-3-5-8(9)14/h7-9,16H,2-6,14H2,1H3. The summed E-state index contributed by atoms with van der Waals surface area (Å²) in [5.74, 6) is 0. The van der Waals surface area contributed by atoms with Crippen molar-refractivity contribution < 1.29 is 0 Å². The van der Waals surface area contributed by atoms with Crippen LogP contribution in [0.1, 0.15) is 32.1 Å². The highest BCUT2D eigenvalue weighted by atomic mass is 35.5. The van der Waals surface area contributed by atoms with Crippen molar-refractivity contribution in [2.75, 3.05) is 5.32 Å². The topological polar surface area (TPSA) is 72.9 Å². The predicted octanol–water partition coefficient (Wildman–Crippen LogP) is 1.51. The molecule has 100 valence electrons. The summed E-state index contributed by atoms with van der Waals surface area (Å²) in [6.45, 7) is 0. The fraction of sp³-hybridized carbons (Fsp3) is 0.667. The van der Waals surface area contributed by atoms with Gasteiger partial charge in [-0.15, -0.1) is 0 Å². The first-order chi connectivity index (χ1) is 8.59. The van der Waals surface area contributed by atoms with E-state index < -0.39 is 0 Å². The number of aryl methyl sites for hydroxylation is 1. The molecule has 1 aliphatic rings. The monoisotopic (exact) mass is 270 g/mol. The third-order valence-electron chi connectivity index (χ3n) is 3.49. The van der Waals surface area contributed by atoms with E-state index in [0.29, 0.717) is 5.69 Å². The first kappa shape index (κ1) is 13.4. The number of nitrogens with zero attached hydrogens (tertiary/aromatic N) is 2. The number of halogens is 1. The van der Waals surface area contributed by atoms with Gasteiger partial charge in [0, 0.05) is 19.1 Å². The molecule has 2 unspecified atom stereocenters. The lowest BCUT2D eigenvalue weighted by atomic mass is 10.0. The Morgan fingerprint density at radius 1 is 1.44 bits per heavy atom. The summed E-state index contributed by atoms with van der Waals surface area (Å²) in [6, 6.07) is 0.270. The van der Waals surface area contributed by atoms with Gasteiger partial charge in [0.2, 0.25) is 0 Å². The molecule has 0 spiro atoms. The molecule has 2 atom stereocenters. The van der Waals surface area contributed by atoms with Gasteiger partial charge < -0.3 is 11.1 Å². The maximum absolute atomic E-state index is 11.7. The summed E-state index contributed by atoms with van der Waals surface area (Å²) < 4.78 is 1.22. The Hall–Kier alpha value is -1.07. The zero-order valence-electron chi connectivity index (χ0n) is 10.5. The van der Waals surface area contributed by atoms with E-state index in [1.807, 2.05) is 0 Å². The number of aromatic nitrogens is 2. The van der Waals surface area contributed by atoms with Crippen LogP contribution >= 0.6 is 11.6 Å². The van der Waals surface area contributed by atoms with Gasteiger partial charge in [-0.25, -0.2) is 4.68 Å². The Labute approximate surface area is 111 Å². The lowest BCUT2D eigenvalue weighted by Crippen LogP contribution is -2.39. The van der Waals surface area contributed by atoms with Crippen molar-refractivity contribution in [3.8, 4) is 0 Å². The van der Waals surface area contributed by atoms with Gasteiger partial charge in [0.15, 0.2) is 0 Å². The Balaban J connectivity index is 2.18. The van der Waals surface area contributed by atoms with Gasteiger partial charge >= 0.3 is 0 Å². The molecule has 1 fully saturated rings. The third kappa shape index (κ3) is 2.84. The van der Waals surface area contributed by atoms with Gasteiger partial charge in [-0.2, -0.15) is 5.10 Å². The third-order valence-corrected chi connectivity index (χ3v) is 3.85. The van der Waals surface area contributed by atoms with Crippen LogP contribution in [-0.4, -0.2) is 21.9 Å². The molecule has 0 amide bonds. The largest absolute Gasteiger partial charge is 0.378 e. The van der Waals surface area contributed by atoms with Crippen LogP contribution in [-0.2, 0) is 7.05 Å². The van der Waals surface area contributed by atoms with Crippen molar-refractivity contribution >= 4 is 17.3 Å². The molecule has 0 saturated heterocycles. The van der Waals surface area contributed by atoms with Gasteiger partial charge in [-0.1, -0.05) is 30.9 Å². The number of nitrogens with two attached hydrogens (primary N) is 1. The minimum Gasteiger partial charge on any atom is -0.378 e. The number of anilines is 1. The van der Waals surface area contributed by atoms with Crippen LogP contribution in [0.25, 0.3) is 0 Å². The number of hydrogen-bond acceptors (Lipinski definition) is 4. The average Bonchev–Trinajstić information content (AvgIpc) is 2.56. The SMILES string of the molecule is Cn1ncc(NC2CCCCCC2N)c(Cl)c1=O. The van der Waals surface area contributed by atoms with Gasteiger partial charge in [0.05, 0.1) is 11.9 Å². The van der Waals surface area contributed by atoms with E-state index >= 15 is 0 Å². The first-order valence-electron chi connectivity index (χ1n) is 6.33. The van der Waals surface area contributed by atoms with Crippen LogP contribution in [0, 0.1) is 0 Å². The molecular formula is C12H19ClN4O. The highest BCUT2D eigenvalue weighted by molar-refractivity contribution is 6.32. The fourth-order valence-corrected chi connectivity index (χ4v) is 2.55. The maximum Gasteiger partial charge on any atom is 0.287 e. The smallest absolute Gasteiger partial charge is 0.287 e. The molecule has 1 aliphatic carbocycles. The van der Waals surface area contributed by atoms with E-state index in [9.17, 15) is 4.79 Å². The van der Waals surface area contributed by atoms with Crippen LogP contribution in [0.2, 0.25) is 5.02 Å². The Morgan fingerprint density at radius 3 is 2.94 bits per heavy atom.